The summed E-state index contributed by atoms with van der Waals surface area (Å²) in [7, 11) is -3.65. The van der Waals surface area contributed by atoms with E-state index in [1.165, 1.54) is 10.5 Å². The van der Waals surface area contributed by atoms with E-state index < -0.39 is 10.0 Å². The van der Waals surface area contributed by atoms with Crippen molar-refractivity contribution in [1.82, 2.24) is 0 Å². The molecule has 6 heteroatoms. The summed E-state index contributed by atoms with van der Waals surface area (Å²) in [6, 6.07) is 10.1. The molecule has 0 N–H and O–H groups in total. The number of anilines is 1. The van der Waals surface area contributed by atoms with Crippen molar-refractivity contribution in [2.75, 3.05) is 10.8 Å². The average molecular weight is 318 g/mol. The van der Waals surface area contributed by atoms with E-state index >= 15 is 0 Å². The summed E-state index contributed by atoms with van der Waals surface area (Å²) in [5, 5.41) is 12.0. The lowest BCUT2D eigenvalue weighted by Crippen LogP contribution is -2.37. The van der Waals surface area contributed by atoms with E-state index in [0.29, 0.717) is 24.3 Å². The van der Waals surface area contributed by atoms with Crippen LogP contribution in [-0.2, 0) is 16.4 Å². The normalized spacial score (nSPS) is 15.2. The summed E-state index contributed by atoms with van der Waals surface area (Å²) in [5.41, 5.74) is 2.03. The Balaban J connectivity index is 2.11. The maximum Gasteiger partial charge on any atom is 0.264 e. The minimum absolute atomic E-state index is 0.257. The number of sulfonamides is 1. The highest BCUT2D eigenvalue weighted by atomic mass is 32.2. The maximum absolute atomic E-state index is 12.9. The van der Waals surface area contributed by atoms with Gasteiger partial charge in [0.25, 0.3) is 10.0 Å². The molecule has 0 aliphatic carbocycles. The van der Waals surface area contributed by atoms with Crippen LogP contribution in [0, 0.1) is 12.1 Å². The van der Waals surface area contributed by atoms with Crippen molar-refractivity contribution in [2.45, 2.75) is 31.1 Å². The van der Waals surface area contributed by atoms with E-state index in [1.807, 2.05) is 6.92 Å². The zero-order chi connectivity index (χ0) is 15.7. The third kappa shape index (κ3) is 2.54. The maximum atomic E-state index is 12.9. The second-order valence-corrected chi connectivity index (χ2v) is 7.38. The molecule has 1 aliphatic heterocycles. The zero-order valence-electron chi connectivity index (χ0n) is 12.4. The van der Waals surface area contributed by atoms with E-state index in [2.05, 4.69) is 0 Å². The molecular weight excluding hydrogens is 300 g/mol. The number of fused-ring (bicyclic) bond motifs is 1. The fourth-order valence-corrected chi connectivity index (χ4v) is 4.26. The predicted octanol–water partition coefficient (Wildman–Crippen LogP) is 2.16. The van der Waals surface area contributed by atoms with E-state index in [0.717, 1.165) is 23.1 Å². The van der Waals surface area contributed by atoms with Gasteiger partial charge >= 0.3 is 0 Å². The van der Waals surface area contributed by atoms with Crippen LogP contribution in [0.1, 0.15) is 24.1 Å². The van der Waals surface area contributed by atoms with Gasteiger partial charge in [-0.2, -0.15) is 4.73 Å². The number of benzene rings is 1. The molecule has 5 nitrogen and oxygen atoms in total. The lowest BCUT2D eigenvalue weighted by atomic mass is 10.2. The van der Waals surface area contributed by atoms with Gasteiger partial charge in [0.15, 0.2) is 6.20 Å². The summed E-state index contributed by atoms with van der Waals surface area (Å²) in [5.74, 6) is 0. The Bertz CT molecular complexity index is 786. The number of hydrogen-bond acceptors (Lipinski definition) is 3. The monoisotopic (exact) mass is 318 g/mol. The Hall–Kier alpha value is -2.08. The number of rotatable bonds is 2. The first-order valence-electron chi connectivity index (χ1n) is 7.30. The van der Waals surface area contributed by atoms with Crippen LogP contribution in [0.25, 0.3) is 0 Å². The molecule has 116 valence electrons. The van der Waals surface area contributed by atoms with Crippen LogP contribution < -0.4 is 9.04 Å². The van der Waals surface area contributed by atoms with Crippen molar-refractivity contribution < 1.29 is 13.1 Å². The van der Waals surface area contributed by atoms with Gasteiger partial charge in [-0.1, -0.05) is 17.7 Å². The summed E-state index contributed by atoms with van der Waals surface area (Å²) >= 11 is 0. The number of aromatic nitrogens is 1. The van der Waals surface area contributed by atoms with E-state index in [9.17, 15) is 13.6 Å². The minimum Gasteiger partial charge on any atom is -0.618 e. The SMILES string of the molecule is Cc1ccc(S(=O)(=O)N2CCCCc3c2ccc[n+]3[O-])cc1. The van der Waals surface area contributed by atoms with E-state index in [-0.39, 0.29) is 4.90 Å². The molecule has 0 saturated heterocycles. The second kappa shape index (κ2) is 5.61. The zero-order valence-corrected chi connectivity index (χ0v) is 13.2. The first-order chi connectivity index (χ1) is 10.5. The van der Waals surface area contributed by atoms with Crippen LogP contribution in [0.4, 0.5) is 5.69 Å². The molecule has 1 aromatic heterocycles. The molecular formula is C16H18N2O3S. The molecule has 0 atom stereocenters. The van der Waals surface area contributed by atoms with Crippen LogP contribution in [0.3, 0.4) is 0 Å². The molecule has 0 fully saturated rings. The fourth-order valence-electron chi connectivity index (χ4n) is 2.73. The highest BCUT2D eigenvalue weighted by molar-refractivity contribution is 7.92. The Morgan fingerprint density at radius 2 is 1.86 bits per heavy atom. The van der Waals surface area contributed by atoms with Crippen molar-refractivity contribution in [1.29, 1.82) is 0 Å². The number of aryl methyl sites for hydroxylation is 1. The molecule has 1 aromatic carbocycles. The van der Waals surface area contributed by atoms with Crippen molar-refractivity contribution >= 4 is 15.7 Å². The van der Waals surface area contributed by atoms with Crippen LogP contribution in [0.15, 0.2) is 47.5 Å². The van der Waals surface area contributed by atoms with Crippen molar-refractivity contribution in [3.63, 3.8) is 0 Å². The van der Waals surface area contributed by atoms with Gasteiger partial charge < -0.3 is 5.21 Å². The van der Waals surface area contributed by atoms with Gasteiger partial charge in [0.05, 0.1) is 4.90 Å². The smallest absolute Gasteiger partial charge is 0.264 e. The summed E-state index contributed by atoms with van der Waals surface area (Å²) in [4.78, 5) is 0.257. The molecule has 22 heavy (non-hydrogen) atoms. The van der Waals surface area contributed by atoms with Gasteiger partial charge in [-0.3, -0.25) is 4.31 Å². The molecule has 0 unspecified atom stereocenters. The molecule has 0 radical (unpaired) electrons. The van der Waals surface area contributed by atoms with E-state index in [1.54, 1.807) is 36.4 Å². The first-order valence-corrected chi connectivity index (χ1v) is 8.74. The Morgan fingerprint density at radius 3 is 2.59 bits per heavy atom. The third-order valence-electron chi connectivity index (χ3n) is 3.94. The summed E-state index contributed by atoms with van der Waals surface area (Å²) in [6.07, 6.45) is 3.55. The molecule has 0 saturated carbocycles. The lowest BCUT2D eigenvalue weighted by molar-refractivity contribution is -0.613. The van der Waals surface area contributed by atoms with Gasteiger partial charge in [0.1, 0.15) is 5.69 Å². The largest absolute Gasteiger partial charge is 0.618 e. The lowest BCUT2D eigenvalue weighted by Gasteiger charge is -2.23. The van der Waals surface area contributed by atoms with Crippen LogP contribution in [0.5, 0.6) is 0 Å². The van der Waals surface area contributed by atoms with Crippen LogP contribution >= 0.6 is 0 Å². The van der Waals surface area contributed by atoms with Crippen molar-refractivity contribution in [3.05, 3.63) is 59.1 Å². The molecule has 1 aliphatic rings. The molecule has 3 rings (SSSR count). The molecule has 2 aromatic rings. The Kier molecular flexibility index (Phi) is 3.78. The topological polar surface area (TPSA) is 64.3 Å². The van der Waals surface area contributed by atoms with Gasteiger partial charge in [0, 0.05) is 19.0 Å². The second-order valence-electron chi connectivity index (χ2n) is 5.51. The fraction of sp³-hybridized carbons (Fsp3) is 0.312. The van der Waals surface area contributed by atoms with Crippen LogP contribution in [0.2, 0.25) is 0 Å². The number of hydrogen-bond donors (Lipinski definition) is 0. The van der Waals surface area contributed by atoms with Gasteiger partial charge in [-0.25, -0.2) is 8.42 Å². The minimum atomic E-state index is -3.65. The highest BCUT2D eigenvalue weighted by Gasteiger charge is 2.31. The van der Waals surface area contributed by atoms with Gasteiger partial charge in [-0.05, 0) is 38.0 Å². The van der Waals surface area contributed by atoms with Crippen molar-refractivity contribution in [3.8, 4) is 0 Å². The third-order valence-corrected chi connectivity index (χ3v) is 5.77. The van der Waals surface area contributed by atoms with Crippen LogP contribution in [-0.4, -0.2) is 15.0 Å². The average Bonchev–Trinajstić information content (AvgIpc) is 2.71. The van der Waals surface area contributed by atoms with Gasteiger partial charge in [-0.15, -0.1) is 0 Å². The number of pyridine rings is 1. The molecule has 0 bridgehead atoms. The quantitative estimate of drug-likeness (QED) is 0.629. The van der Waals surface area contributed by atoms with E-state index in [4.69, 9.17) is 0 Å². The van der Waals surface area contributed by atoms with Crippen molar-refractivity contribution in [2.24, 2.45) is 0 Å². The summed E-state index contributed by atoms with van der Waals surface area (Å²) < 4.78 is 28.0. The molecule has 0 amide bonds. The number of nitrogens with zero attached hydrogens (tertiary/aromatic N) is 2. The highest BCUT2D eigenvalue weighted by Crippen LogP contribution is 2.29. The Morgan fingerprint density at radius 1 is 1.14 bits per heavy atom. The molecule has 0 spiro atoms. The van der Waals surface area contributed by atoms with Gasteiger partial charge in [0.2, 0.25) is 5.69 Å². The summed E-state index contributed by atoms with van der Waals surface area (Å²) in [6.45, 7) is 2.31. The standard InChI is InChI=1S/C16H18N2O3S/c1-13-7-9-14(10-8-13)22(20,21)18-12-3-2-5-15-16(18)6-4-11-17(15)19/h4,6-11H,2-3,5,12H2,1H3. The Labute approximate surface area is 130 Å². The molecule has 2 heterocycles. The first kappa shape index (κ1) is 14.8. The predicted molar refractivity (Wildman–Crippen MR) is 84.1 cm³/mol.